The molecule has 31 heavy (non-hydrogen) atoms. The Kier molecular flexibility index (Phi) is 4.92. The van der Waals surface area contributed by atoms with Crippen LogP contribution in [-0.2, 0) is 22.9 Å². The van der Waals surface area contributed by atoms with Crippen LogP contribution in [0.2, 0.25) is 0 Å². The van der Waals surface area contributed by atoms with E-state index in [1.165, 1.54) is 6.26 Å². The summed E-state index contributed by atoms with van der Waals surface area (Å²) in [6.07, 6.45) is 8.39. The molecule has 0 unspecified atom stereocenters. The van der Waals surface area contributed by atoms with Crippen LogP contribution in [0.1, 0.15) is 37.5 Å². The van der Waals surface area contributed by atoms with Crippen molar-refractivity contribution in [3.63, 3.8) is 0 Å². The lowest BCUT2D eigenvalue weighted by Crippen LogP contribution is -2.31. The van der Waals surface area contributed by atoms with Gasteiger partial charge in [-0.05, 0) is 43.9 Å². The number of imidazole rings is 2. The Morgan fingerprint density at radius 1 is 1.06 bits per heavy atom. The summed E-state index contributed by atoms with van der Waals surface area (Å²) in [6.45, 7) is 0.839. The van der Waals surface area contributed by atoms with Crippen LogP contribution in [-0.4, -0.2) is 44.1 Å². The van der Waals surface area contributed by atoms with Gasteiger partial charge in [0.2, 0.25) is 0 Å². The Bertz CT molecular complexity index is 1430. The third-order valence-corrected chi connectivity index (χ3v) is 7.17. The summed E-state index contributed by atoms with van der Waals surface area (Å²) in [5.74, 6) is 0.859. The standard InChI is InChI=1S/C22H25N5O3S/c1-31(29,30)13-5-12-25-18-9-3-2-8-17(18)24-21(25)15-26-20-14-23-11-10-19(20)27(22(26)28)16-6-4-7-16/h2-3,8-11,14,16H,4-7,12-13,15H2,1H3. The molecule has 0 saturated heterocycles. The lowest BCUT2D eigenvalue weighted by atomic mass is 9.93. The lowest BCUT2D eigenvalue weighted by molar-refractivity contribution is 0.311. The zero-order valence-corrected chi connectivity index (χ0v) is 18.3. The molecular formula is C22H25N5O3S. The summed E-state index contributed by atoms with van der Waals surface area (Å²) < 4.78 is 28.9. The molecule has 0 spiro atoms. The van der Waals surface area contributed by atoms with Crippen LogP contribution in [0, 0.1) is 0 Å². The van der Waals surface area contributed by atoms with Crippen molar-refractivity contribution < 1.29 is 8.42 Å². The second-order valence-corrected chi connectivity index (χ2v) is 10.6. The molecule has 9 heteroatoms. The van der Waals surface area contributed by atoms with Gasteiger partial charge in [-0.1, -0.05) is 12.1 Å². The van der Waals surface area contributed by atoms with E-state index in [9.17, 15) is 13.2 Å². The van der Waals surface area contributed by atoms with E-state index in [-0.39, 0.29) is 17.5 Å². The molecular weight excluding hydrogens is 414 g/mol. The van der Waals surface area contributed by atoms with Crippen molar-refractivity contribution in [3.8, 4) is 0 Å². The number of fused-ring (bicyclic) bond motifs is 2. The highest BCUT2D eigenvalue weighted by Gasteiger charge is 2.26. The number of benzene rings is 1. The molecule has 4 aromatic rings. The van der Waals surface area contributed by atoms with Crippen molar-refractivity contribution in [2.75, 3.05) is 12.0 Å². The molecule has 1 aliphatic carbocycles. The van der Waals surface area contributed by atoms with Crippen LogP contribution in [0.5, 0.6) is 0 Å². The average Bonchev–Trinajstić information content (AvgIpc) is 3.17. The number of rotatable bonds is 7. The third-order valence-electron chi connectivity index (χ3n) is 6.13. The normalized spacial score (nSPS) is 15.0. The number of sulfone groups is 1. The first-order valence-corrected chi connectivity index (χ1v) is 12.6. The van der Waals surface area contributed by atoms with Gasteiger partial charge in [0.05, 0.1) is 40.6 Å². The molecule has 0 atom stereocenters. The zero-order valence-electron chi connectivity index (χ0n) is 17.4. The molecule has 1 saturated carbocycles. The molecule has 3 heterocycles. The molecule has 0 bridgehead atoms. The second-order valence-electron chi connectivity index (χ2n) is 8.34. The fraction of sp³-hybridized carbons (Fsp3) is 0.409. The molecule has 0 radical (unpaired) electrons. The minimum Gasteiger partial charge on any atom is -0.326 e. The predicted molar refractivity (Wildman–Crippen MR) is 120 cm³/mol. The van der Waals surface area contributed by atoms with E-state index in [0.717, 1.165) is 47.2 Å². The Hall–Kier alpha value is -2.94. The monoisotopic (exact) mass is 439 g/mol. The Morgan fingerprint density at radius 2 is 1.87 bits per heavy atom. The maximum atomic E-state index is 13.4. The number of nitrogens with zero attached hydrogens (tertiary/aromatic N) is 5. The highest BCUT2D eigenvalue weighted by molar-refractivity contribution is 7.90. The Morgan fingerprint density at radius 3 is 2.61 bits per heavy atom. The van der Waals surface area contributed by atoms with Crippen molar-refractivity contribution >= 4 is 31.9 Å². The minimum atomic E-state index is -3.04. The van der Waals surface area contributed by atoms with Crippen molar-refractivity contribution in [1.29, 1.82) is 0 Å². The number of hydrogen-bond acceptors (Lipinski definition) is 5. The molecule has 5 rings (SSSR count). The number of hydrogen-bond donors (Lipinski definition) is 0. The fourth-order valence-corrected chi connectivity index (χ4v) is 5.05. The highest BCUT2D eigenvalue weighted by atomic mass is 32.2. The molecule has 8 nitrogen and oxygen atoms in total. The van der Waals surface area contributed by atoms with Crippen molar-refractivity contribution in [2.45, 2.75) is 44.8 Å². The Balaban J connectivity index is 1.58. The van der Waals surface area contributed by atoms with Gasteiger partial charge in [0.25, 0.3) is 0 Å². The van der Waals surface area contributed by atoms with E-state index in [0.29, 0.717) is 19.5 Å². The third kappa shape index (κ3) is 3.67. The molecule has 0 aliphatic heterocycles. The summed E-state index contributed by atoms with van der Waals surface area (Å²) in [7, 11) is -3.04. The summed E-state index contributed by atoms with van der Waals surface area (Å²) in [5.41, 5.74) is 3.45. The molecule has 1 fully saturated rings. The van der Waals surface area contributed by atoms with Crippen LogP contribution in [0.15, 0.2) is 47.5 Å². The first-order chi connectivity index (χ1) is 14.9. The van der Waals surface area contributed by atoms with E-state index >= 15 is 0 Å². The van der Waals surface area contributed by atoms with E-state index in [2.05, 4.69) is 4.98 Å². The SMILES string of the molecule is CS(=O)(=O)CCCn1c(Cn2c(=O)n(C3CCC3)c3ccncc32)nc2ccccc21. The number of aromatic nitrogens is 5. The van der Waals surface area contributed by atoms with Gasteiger partial charge in [-0.3, -0.25) is 14.1 Å². The first-order valence-electron chi connectivity index (χ1n) is 10.6. The lowest BCUT2D eigenvalue weighted by Gasteiger charge is -2.26. The van der Waals surface area contributed by atoms with E-state index in [1.54, 1.807) is 17.0 Å². The smallest absolute Gasteiger partial charge is 0.326 e. The van der Waals surface area contributed by atoms with Crippen LogP contribution < -0.4 is 5.69 Å². The average molecular weight is 440 g/mol. The molecule has 1 aliphatic rings. The summed E-state index contributed by atoms with van der Waals surface area (Å²) >= 11 is 0. The van der Waals surface area contributed by atoms with Crippen LogP contribution in [0.25, 0.3) is 22.1 Å². The predicted octanol–water partition coefficient (Wildman–Crippen LogP) is 2.76. The van der Waals surface area contributed by atoms with Gasteiger partial charge in [0.15, 0.2) is 0 Å². The molecule has 0 N–H and O–H groups in total. The maximum absolute atomic E-state index is 13.4. The van der Waals surface area contributed by atoms with Gasteiger partial charge >= 0.3 is 5.69 Å². The van der Waals surface area contributed by atoms with Crippen molar-refractivity contribution in [2.24, 2.45) is 0 Å². The van der Waals surface area contributed by atoms with Crippen LogP contribution in [0.4, 0.5) is 0 Å². The molecule has 162 valence electrons. The first kappa shape index (κ1) is 20.0. The molecule has 1 aromatic carbocycles. The second kappa shape index (κ2) is 7.64. The fourth-order valence-electron chi connectivity index (χ4n) is 4.40. The van der Waals surface area contributed by atoms with Crippen LogP contribution >= 0.6 is 0 Å². The van der Waals surface area contributed by atoms with Gasteiger partial charge in [-0.2, -0.15) is 0 Å². The Labute approximate surface area is 180 Å². The van der Waals surface area contributed by atoms with Crippen molar-refractivity contribution in [1.82, 2.24) is 23.7 Å². The van der Waals surface area contributed by atoms with Gasteiger partial charge < -0.3 is 4.57 Å². The molecule has 0 amide bonds. The number of para-hydroxylation sites is 2. The van der Waals surface area contributed by atoms with Gasteiger partial charge in [0, 0.05) is 25.0 Å². The van der Waals surface area contributed by atoms with Gasteiger partial charge in [-0.15, -0.1) is 0 Å². The maximum Gasteiger partial charge on any atom is 0.329 e. The quantitative estimate of drug-likeness (QED) is 0.442. The van der Waals surface area contributed by atoms with Crippen LogP contribution in [0.3, 0.4) is 0 Å². The van der Waals surface area contributed by atoms with Gasteiger partial charge in [0.1, 0.15) is 15.7 Å². The summed E-state index contributed by atoms with van der Waals surface area (Å²) in [6, 6.07) is 9.94. The summed E-state index contributed by atoms with van der Waals surface area (Å²) in [4.78, 5) is 22.4. The van der Waals surface area contributed by atoms with Crippen molar-refractivity contribution in [3.05, 3.63) is 59.0 Å². The van der Waals surface area contributed by atoms with Gasteiger partial charge in [-0.25, -0.2) is 18.2 Å². The highest BCUT2D eigenvalue weighted by Crippen LogP contribution is 2.33. The van der Waals surface area contributed by atoms with E-state index < -0.39 is 9.84 Å². The molecule has 3 aromatic heterocycles. The number of pyridine rings is 1. The van der Waals surface area contributed by atoms with E-state index in [1.807, 2.05) is 39.5 Å². The largest absolute Gasteiger partial charge is 0.329 e. The van der Waals surface area contributed by atoms with E-state index in [4.69, 9.17) is 4.98 Å². The number of aryl methyl sites for hydroxylation is 1. The summed E-state index contributed by atoms with van der Waals surface area (Å²) in [5, 5.41) is 0. The zero-order chi connectivity index (χ0) is 21.6. The topological polar surface area (TPSA) is 91.8 Å². The minimum absolute atomic E-state index is 0.0394.